The molecule has 0 aromatic rings. The third-order valence-electron chi connectivity index (χ3n) is 7.35. The van der Waals surface area contributed by atoms with Crippen molar-refractivity contribution in [2.75, 3.05) is 6.61 Å². The zero-order chi connectivity index (χ0) is 16.9. The summed E-state index contributed by atoms with van der Waals surface area (Å²) in [6.45, 7) is 8.87. The smallest absolute Gasteiger partial charge is 0.303 e. The van der Waals surface area contributed by atoms with Gasteiger partial charge in [-0.1, -0.05) is 31.2 Å². The van der Waals surface area contributed by atoms with Gasteiger partial charge in [-0.2, -0.15) is 0 Å². The monoisotopic (exact) mass is 318 g/mol. The number of hydrogen-bond acceptors (Lipinski definition) is 2. The lowest BCUT2D eigenvalue weighted by Gasteiger charge is -2.59. The van der Waals surface area contributed by atoms with Crippen LogP contribution < -0.4 is 0 Å². The summed E-state index contributed by atoms with van der Waals surface area (Å²) in [5, 5.41) is 19.1. The van der Waals surface area contributed by atoms with Gasteiger partial charge in [0, 0.05) is 11.8 Å². The first kappa shape index (κ1) is 16.8. The molecule has 2 bridgehead atoms. The standard InChI is InChI=1S/C20H30O3/c1-14(2)15-4-9-20-11-10-19(12-20,13-21)8-5-16(20)18(15,3)7-6-17(22)23/h10-11,15-16,21H,1,4-9,12-13H2,2-3H3,(H,22,23)/t15-,16+,18-,19+,20+/m1/s1. The normalized spacial score (nSPS) is 44.8. The van der Waals surface area contributed by atoms with Gasteiger partial charge >= 0.3 is 5.97 Å². The van der Waals surface area contributed by atoms with Crippen molar-refractivity contribution in [2.45, 2.75) is 58.8 Å². The van der Waals surface area contributed by atoms with E-state index >= 15 is 0 Å². The summed E-state index contributed by atoms with van der Waals surface area (Å²) in [7, 11) is 0. The average Bonchev–Trinajstić information content (AvgIpc) is 2.77. The Labute approximate surface area is 139 Å². The number of carbonyl (C=O) groups is 1. The van der Waals surface area contributed by atoms with Gasteiger partial charge in [-0.15, -0.1) is 0 Å². The molecule has 128 valence electrons. The third kappa shape index (κ3) is 2.48. The van der Waals surface area contributed by atoms with E-state index in [1.165, 1.54) is 5.57 Å². The van der Waals surface area contributed by atoms with Crippen molar-refractivity contribution in [1.29, 1.82) is 0 Å². The highest BCUT2D eigenvalue weighted by Gasteiger charge is 2.60. The van der Waals surface area contributed by atoms with E-state index in [1.54, 1.807) is 0 Å². The highest BCUT2D eigenvalue weighted by molar-refractivity contribution is 5.66. The Bertz CT molecular complexity index is 551. The zero-order valence-corrected chi connectivity index (χ0v) is 14.5. The second kappa shape index (κ2) is 5.47. The van der Waals surface area contributed by atoms with Gasteiger partial charge in [0.1, 0.15) is 0 Å². The molecule has 23 heavy (non-hydrogen) atoms. The summed E-state index contributed by atoms with van der Waals surface area (Å²) < 4.78 is 0. The minimum atomic E-state index is -0.700. The summed E-state index contributed by atoms with van der Waals surface area (Å²) >= 11 is 0. The molecule has 0 aromatic carbocycles. The summed E-state index contributed by atoms with van der Waals surface area (Å²) in [6, 6.07) is 0. The maximum Gasteiger partial charge on any atom is 0.303 e. The predicted octanol–water partition coefficient (Wildman–Crippen LogP) is 4.18. The molecule has 0 aliphatic heterocycles. The number of hydrogen-bond donors (Lipinski definition) is 2. The van der Waals surface area contributed by atoms with Crippen molar-refractivity contribution < 1.29 is 15.0 Å². The first-order valence-corrected chi connectivity index (χ1v) is 8.95. The molecule has 0 amide bonds. The van der Waals surface area contributed by atoms with Crippen LogP contribution in [0.5, 0.6) is 0 Å². The van der Waals surface area contributed by atoms with Gasteiger partial charge in [-0.05, 0) is 68.1 Å². The SMILES string of the molecule is C=C(C)[C@H]1CC[C@@]23C=C[C@@](CO)(CC[C@H]2[C@]1(C)CCC(=O)O)C3. The molecule has 2 saturated carbocycles. The van der Waals surface area contributed by atoms with Gasteiger partial charge in [0.05, 0.1) is 6.61 Å². The van der Waals surface area contributed by atoms with Crippen LogP contribution in [0.2, 0.25) is 0 Å². The Morgan fingerprint density at radius 1 is 1.30 bits per heavy atom. The molecule has 0 heterocycles. The van der Waals surface area contributed by atoms with E-state index in [1.807, 2.05) is 0 Å². The fourth-order valence-corrected chi connectivity index (χ4v) is 6.29. The quantitative estimate of drug-likeness (QED) is 0.748. The van der Waals surface area contributed by atoms with Crippen LogP contribution in [0, 0.1) is 28.1 Å². The number of rotatable bonds is 5. The molecule has 3 nitrogen and oxygen atoms in total. The van der Waals surface area contributed by atoms with Gasteiger partial charge < -0.3 is 10.2 Å². The minimum Gasteiger partial charge on any atom is -0.481 e. The van der Waals surface area contributed by atoms with Crippen molar-refractivity contribution in [3.63, 3.8) is 0 Å². The summed E-state index contributed by atoms with van der Waals surface area (Å²) in [4.78, 5) is 11.2. The number of allylic oxidation sites excluding steroid dienone is 2. The van der Waals surface area contributed by atoms with Crippen molar-refractivity contribution in [3.8, 4) is 0 Å². The number of carboxylic acid groups (broad SMARTS) is 1. The molecule has 5 atom stereocenters. The highest BCUT2D eigenvalue weighted by Crippen LogP contribution is 2.68. The Hall–Kier alpha value is -1.09. The van der Waals surface area contributed by atoms with E-state index in [0.29, 0.717) is 11.8 Å². The van der Waals surface area contributed by atoms with Crippen molar-refractivity contribution in [1.82, 2.24) is 0 Å². The molecule has 1 spiro atoms. The van der Waals surface area contributed by atoms with Crippen LogP contribution in [-0.2, 0) is 4.79 Å². The second-order valence-electron chi connectivity index (χ2n) is 8.69. The summed E-state index contributed by atoms with van der Waals surface area (Å²) in [5.41, 5.74) is 1.35. The Balaban J connectivity index is 1.95. The molecule has 3 aliphatic carbocycles. The molecule has 2 fully saturated rings. The van der Waals surface area contributed by atoms with Crippen LogP contribution in [0.1, 0.15) is 58.8 Å². The zero-order valence-electron chi connectivity index (χ0n) is 14.5. The van der Waals surface area contributed by atoms with Crippen molar-refractivity contribution >= 4 is 5.97 Å². The maximum atomic E-state index is 11.2. The molecule has 0 unspecified atom stereocenters. The summed E-state index contributed by atoms with van der Waals surface area (Å²) in [6.07, 6.45) is 11.0. The Morgan fingerprint density at radius 2 is 2.04 bits per heavy atom. The van der Waals surface area contributed by atoms with Gasteiger partial charge in [-0.25, -0.2) is 0 Å². The number of aliphatic carboxylic acids is 1. The first-order valence-electron chi connectivity index (χ1n) is 8.95. The number of aliphatic hydroxyl groups is 1. The third-order valence-corrected chi connectivity index (χ3v) is 7.35. The fourth-order valence-electron chi connectivity index (χ4n) is 6.29. The maximum absolute atomic E-state index is 11.2. The van der Waals surface area contributed by atoms with Gasteiger partial charge in [0.25, 0.3) is 0 Å². The molecule has 0 saturated heterocycles. The molecular formula is C20H30O3. The van der Waals surface area contributed by atoms with Crippen LogP contribution >= 0.6 is 0 Å². The van der Waals surface area contributed by atoms with E-state index in [9.17, 15) is 15.0 Å². The largest absolute Gasteiger partial charge is 0.481 e. The van der Waals surface area contributed by atoms with E-state index in [4.69, 9.17) is 0 Å². The Morgan fingerprint density at radius 3 is 2.65 bits per heavy atom. The van der Waals surface area contributed by atoms with Gasteiger partial charge in [0.15, 0.2) is 0 Å². The van der Waals surface area contributed by atoms with Crippen LogP contribution in [0.15, 0.2) is 24.3 Å². The van der Waals surface area contributed by atoms with E-state index in [2.05, 4.69) is 32.6 Å². The molecule has 3 rings (SSSR count). The van der Waals surface area contributed by atoms with E-state index in [0.717, 1.165) is 38.5 Å². The lowest BCUT2D eigenvalue weighted by molar-refractivity contribution is -0.140. The van der Waals surface area contributed by atoms with Gasteiger partial charge in [-0.3, -0.25) is 4.79 Å². The van der Waals surface area contributed by atoms with Crippen molar-refractivity contribution in [3.05, 3.63) is 24.3 Å². The summed E-state index contributed by atoms with van der Waals surface area (Å²) in [5.74, 6) is 0.213. The van der Waals surface area contributed by atoms with E-state index < -0.39 is 5.97 Å². The fraction of sp³-hybridized carbons (Fsp3) is 0.750. The topological polar surface area (TPSA) is 57.5 Å². The highest BCUT2D eigenvalue weighted by atomic mass is 16.4. The predicted molar refractivity (Wildman–Crippen MR) is 90.9 cm³/mol. The lowest BCUT2D eigenvalue weighted by atomic mass is 9.45. The van der Waals surface area contributed by atoms with E-state index in [-0.39, 0.29) is 29.3 Å². The van der Waals surface area contributed by atoms with Crippen LogP contribution in [0.25, 0.3) is 0 Å². The molecule has 3 heteroatoms. The minimum absolute atomic E-state index is 0.00122. The lowest BCUT2D eigenvalue weighted by Crippen LogP contribution is -2.52. The van der Waals surface area contributed by atoms with Crippen molar-refractivity contribution in [2.24, 2.45) is 28.1 Å². The Kier molecular flexibility index (Phi) is 3.99. The number of fused-ring (bicyclic) bond motifs is 1. The van der Waals surface area contributed by atoms with Crippen LogP contribution in [0.3, 0.4) is 0 Å². The average molecular weight is 318 g/mol. The van der Waals surface area contributed by atoms with Crippen LogP contribution in [0.4, 0.5) is 0 Å². The second-order valence-corrected chi connectivity index (χ2v) is 8.69. The first-order chi connectivity index (χ1) is 10.8. The molecule has 0 radical (unpaired) electrons. The molecule has 0 aromatic heterocycles. The van der Waals surface area contributed by atoms with Crippen LogP contribution in [-0.4, -0.2) is 22.8 Å². The molecular weight excluding hydrogens is 288 g/mol. The number of aliphatic hydroxyl groups excluding tert-OH is 1. The number of carboxylic acids is 1. The molecule has 2 N–H and O–H groups in total. The molecule has 3 aliphatic rings. The van der Waals surface area contributed by atoms with Gasteiger partial charge in [0.2, 0.25) is 0 Å².